The fourth-order valence-corrected chi connectivity index (χ4v) is 3.99. The molecule has 0 unspecified atom stereocenters. The van der Waals surface area contributed by atoms with Crippen molar-refractivity contribution in [3.05, 3.63) is 76.7 Å². The molecular weight excluding hydrogens is 460 g/mol. The minimum atomic E-state index is -0.272. The van der Waals surface area contributed by atoms with Gasteiger partial charge in [-0.1, -0.05) is 6.07 Å². The highest BCUT2D eigenvalue weighted by molar-refractivity contribution is 6.02. The van der Waals surface area contributed by atoms with Gasteiger partial charge in [0.1, 0.15) is 17.3 Å². The Morgan fingerprint density at radius 2 is 1.78 bits per heavy atom. The number of hydrogen-bond donors (Lipinski definition) is 0. The van der Waals surface area contributed by atoms with Crippen molar-refractivity contribution in [2.24, 2.45) is 0 Å². The van der Waals surface area contributed by atoms with Crippen molar-refractivity contribution >= 4 is 23.3 Å². The van der Waals surface area contributed by atoms with Crippen molar-refractivity contribution in [2.45, 2.75) is 34.2 Å². The van der Waals surface area contributed by atoms with Crippen LogP contribution in [0.1, 0.15) is 51.6 Å². The predicted molar refractivity (Wildman–Crippen MR) is 135 cm³/mol. The van der Waals surface area contributed by atoms with Gasteiger partial charge in [-0.15, -0.1) is 0 Å². The van der Waals surface area contributed by atoms with Gasteiger partial charge in [-0.25, -0.2) is 0 Å². The summed E-state index contributed by atoms with van der Waals surface area (Å²) in [5.74, 6) is 1.11. The average Bonchev–Trinajstić information content (AvgIpc) is 3.35. The summed E-state index contributed by atoms with van der Waals surface area (Å²) < 4.78 is 17.0. The molecule has 1 aliphatic heterocycles. The Morgan fingerprint density at radius 1 is 1.00 bits per heavy atom. The molecule has 0 saturated carbocycles. The second-order valence-corrected chi connectivity index (χ2v) is 8.65. The lowest BCUT2D eigenvalue weighted by molar-refractivity contribution is -0.121. The van der Waals surface area contributed by atoms with Gasteiger partial charge in [0, 0.05) is 18.7 Å². The van der Waals surface area contributed by atoms with Crippen LogP contribution in [0.15, 0.2) is 52.9 Å². The first-order chi connectivity index (χ1) is 17.3. The van der Waals surface area contributed by atoms with E-state index in [4.69, 9.17) is 13.9 Å². The van der Waals surface area contributed by atoms with Crippen molar-refractivity contribution in [1.29, 1.82) is 0 Å². The molecule has 0 fully saturated rings. The Morgan fingerprint density at radius 3 is 2.50 bits per heavy atom. The zero-order chi connectivity index (χ0) is 25.8. The molecule has 8 nitrogen and oxygen atoms in total. The van der Waals surface area contributed by atoms with Gasteiger partial charge in [-0.3, -0.25) is 19.3 Å². The highest BCUT2D eigenvalue weighted by atomic mass is 16.5. The summed E-state index contributed by atoms with van der Waals surface area (Å²) in [5.41, 5.74) is 3.10. The van der Waals surface area contributed by atoms with Gasteiger partial charge < -0.3 is 18.8 Å². The van der Waals surface area contributed by atoms with Crippen LogP contribution in [0.5, 0.6) is 11.5 Å². The number of aryl methyl sites for hydroxylation is 2. The van der Waals surface area contributed by atoms with Gasteiger partial charge >= 0.3 is 0 Å². The fourth-order valence-electron chi connectivity index (χ4n) is 3.99. The summed E-state index contributed by atoms with van der Waals surface area (Å²) in [6.45, 7) is 8.81. The van der Waals surface area contributed by atoms with E-state index in [2.05, 4.69) is 0 Å². The van der Waals surface area contributed by atoms with Gasteiger partial charge in [0.15, 0.2) is 24.8 Å². The Hall–Kier alpha value is -4.07. The van der Waals surface area contributed by atoms with Gasteiger partial charge in [-0.2, -0.15) is 0 Å². The number of ketones is 1. The van der Waals surface area contributed by atoms with E-state index in [1.54, 1.807) is 35.2 Å². The number of nitrogens with zero attached hydrogens (tertiary/aromatic N) is 2. The first kappa shape index (κ1) is 25.0. The second-order valence-electron chi connectivity index (χ2n) is 8.65. The number of hydrogen-bond acceptors (Lipinski definition) is 6. The summed E-state index contributed by atoms with van der Waals surface area (Å²) in [5, 5.41) is 0. The third kappa shape index (κ3) is 5.27. The third-order valence-electron chi connectivity index (χ3n) is 6.31. The summed E-state index contributed by atoms with van der Waals surface area (Å²) in [4.78, 5) is 41.3. The summed E-state index contributed by atoms with van der Waals surface area (Å²) in [7, 11) is 0. The van der Waals surface area contributed by atoms with Crippen LogP contribution in [0.25, 0.3) is 0 Å². The maximum absolute atomic E-state index is 12.9. The summed E-state index contributed by atoms with van der Waals surface area (Å²) >= 11 is 0. The van der Waals surface area contributed by atoms with E-state index in [-0.39, 0.29) is 43.1 Å². The molecular formula is C28H30N2O6. The van der Waals surface area contributed by atoms with Crippen molar-refractivity contribution in [3.8, 4) is 11.5 Å². The highest BCUT2D eigenvalue weighted by Crippen LogP contribution is 2.34. The molecule has 3 aromatic rings. The monoisotopic (exact) mass is 490 g/mol. The molecule has 188 valence electrons. The van der Waals surface area contributed by atoms with Crippen LogP contribution in [0, 0.1) is 13.8 Å². The van der Waals surface area contributed by atoms with E-state index >= 15 is 0 Å². The molecule has 1 aliphatic rings. The maximum atomic E-state index is 12.9. The molecule has 0 aliphatic carbocycles. The van der Waals surface area contributed by atoms with E-state index in [1.165, 1.54) is 4.90 Å². The molecule has 8 heteroatoms. The number of fused-ring (bicyclic) bond motifs is 1. The van der Waals surface area contributed by atoms with Gasteiger partial charge in [0.25, 0.3) is 11.8 Å². The van der Waals surface area contributed by atoms with Crippen LogP contribution in [-0.4, -0.2) is 48.8 Å². The second kappa shape index (κ2) is 10.7. The molecule has 36 heavy (non-hydrogen) atoms. The molecule has 0 bridgehead atoms. The number of carbonyl (C=O) groups excluding carboxylic acids is 3. The Bertz CT molecular complexity index is 1290. The zero-order valence-electron chi connectivity index (χ0n) is 21.0. The maximum Gasteiger partial charge on any atom is 0.289 e. The lowest BCUT2D eigenvalue weighted by atomic mass is 10.1. The van der Waals surface area contributed by atoms with Crippen molar-refractivity contribution in [3.63, 3.8) is 0 Å². The molecule has 0 N–H and O–H groups in total. The SMILES string of the molecule is CCN(CC)C(=O)c1ccc(CN2C(=O)COc3ccc(C(=O)COc4ccc(C)c(C)c4)cc32)o1. The van der Waals surface area contributed by atoms with E-state index < -0.39 is 0 Å². The lowest BCUT2D eigenvalue weighted by Crippen LogP contribution is -2.38. The van der Waals surface area contributed by atoms with Crippen molar-refractivity contribution < 1.29 is 28.3 Å². The minimum Gasteiger partial charge on any atom is -0.485 e. The molecule has 2 heterocycles. The van der Waals surface area contributed by atoms with Crippen LogP contribution < -0.4 is 14.4 Å². The van der Waals surface area contributed by atoms with Crippen LogP contribution in [-0.2, 0) is 11.3 Å². The molecule has 2 aromatic carbocycles. The van der Waals surface area contributed by atoms with E-state index in [1.807, 2.05) is 45.9 Å². The molecule has 0 spiro atoms. The first-order valence-electron chi connectivity index (χ1n) is 12.0. The molecule has 0 radical (unpaired) electrons. The number of rotatable bonds is 9. The quantitative estimate of drug-likeness (QED) is 0.409. The number of amides is 2. The number of furan rings is 1. The largest absolute Gasteiger partial charge is 0.485 e. The predicted octanol–water partition coefficient (Wildman–Crippen LogP) is 4.57. The smallest absolute Gasteiger partial charge is 0.289 e. The van der Waals surface area contributed by atoms with E-state index in [9.17, 15) is 14.4 Å². The summed E-state index contributed by atoms with van der Waals surface area (Å²) in [6.07, 6.45) is 0. The molecule has 4 rings (SSSR count). The number of Topliss-reactive ketones (excluding diaryl/α,β-unsaturated/α-hetero) is 1. The molecule has 0 atom stereocenters. The van der Waals surface area contributed by atoms with Crippen LogP contribution in [0.2, 0.25) is 0 Å². The van der Waals surface area contributed by atoms with Gasteiger partial charge in [0.05, 0.1) is 12.2 Å². The Labute approximate surface area is 210 Å². The van der Waals surface area contributed by atoms with Crippen molar-refractivity contribution in [1.82, 2.24) is 4.90 Å². The first-order valence-corrected chi connectivity index (χ1v) is 12.0. The number of anilines is 1. The number of ether oxygens (including phenoxy) is 2. The van der Waals surface area contributed by atoms with Crippen LogP contribution in [0.4, 0.5) is 5.69 Å². The fraction of sp³-hybridized carbons (Fsp3) is 0.321. The molecule has 2 amide bonds. The Kier molecular flexibility index (Phi) is 7.43. The standard InChI is InChI=1S/C28H30N2O6/c1-5-29(6-2)28(33)26-12-10-22(36-26)15-30-23-14-20(8-11-25(23)35-17-27(30)32)24(31)16-34-21-9-7-18(3)19(4)13-21/h7-14H,5-6,15-17H2,1-4H3. The van der Waals surface area contributed by atoms with E-state index in [0.29, 0.717) is 41.6 Å². The van der Waals surface area contributed by atoms with Gasteiger partial charge in [-0.05, 0) is 81.3 Å². The minimum absolute atomic E-state index is 0.109. The average molecular weight is 491 g/mol. The lowest BCUT2D eigenvalue weighted by Gasteiger charge is -2.29. The van der Waals surface area contributed by atoms with Crippen LogP contribution in [0.3, 0.4) is 0 Å². The molecule has 0 saturated heterocycles. The molecule has 1 aromatic heterocycles. The Balaban J connectivity index is 1.51. The van der Waals surface area contributed by atoms with Crippen molar-refractivity contribution in [2.75, 3.05) is 31.2 Å². The number of carbonyl (C=O) groups is 3. The number of benzene rings is 2. The topological polar surface area (TPSA) is 89.3 Å². The van der Waals surface area contributed by atoms with Crippen LogP contribution >= 0.6 is 0 Å². The van der Waals surface area contributed by atoms with E-state index in [0.717, 1.165) is 11.1 Å². The normalized spacial score (nSPS) is 12.7. The van der Waals surface area contributed by atoms with Gasteiger partial charge in [0.2, 0.25) is 0 Å². The highest BCUT2D eigenvalue weighted by Gasteiger charge is 2.28. The zero-order valence-corrected chi connectivity index (χ0v) is 21.0. The third-order valence-corrected chi connectivity index (χ3v) is 6.31. The summed E-state index contributed by atoms with van der Waals surface area (Å²) in [6, 6.07) is 13.9.